The summed E-state index contributed by atoms with van der Waals surface area (Å²) in [6.45, 7) is 0. The second kappa shape index (κ2) is 25.9. The predicted octanol–water partition coefficient (Wildman–Crippen LogP) is 30.7. The van der Waals surface area contributed by atoms with Gasteiger partial charge in [-0.3, -0.25) is 0 Å². The van der Waals surface area contributed by atoms with E-state index in [-0.39, 0.29) is 11.8 Å². The van der Waals surface area contributed by atoms with E-state index in [2.05, 4.69) is 413 Å². The maximum atomic E-state index is 2.55. The minimum atomic E-state index is 0.149. The molecule has 1 aliphatic carbocycles. The molecule has 0 aliphatic heterocycles. The fourth-order valence-corrected chi connectivity index (χ4v) is 18.8. The quantitative estimate of drug-likeness (QED) is 0.120. The zero-order valence-corrected chi connectivity index (χ0v) is 60.4. The van der Waals surface area contributed by atoms with Crippen molar-refractivity contribution in [3.05, 3.63) is 424 Å². The van der Waals surface area contributed by atoms with Crippen molar-refractivity contribution in [1.29, 1.82) is 0 Å². The SMILES string of the molecule is C1=CC(c2ccccc2)C(c2ccc3ccc4c5c(-c6cc(-c7cc8ccccc8c8c7ccc7ccc(-c9ccccc9-c9ccccc9)cc78)cc(-c7cc8ccccc8c8c7ccc7ccc(-c9ccccc9-c9ccccc9)cc78)c6)cc6ccc(-c7ccccc7)cc6c5c5ccccc5c4c3c2)C=C1. The fraction of sp³-hybridized carbons (Fsp3) is 0.0182. The molecule has 22 rings (SSSR count). The molecule has 0 spiro atoms. The maximum absolute atomic E-state index is 2.55. The van der Waals surface area contributed by atoms with E-state index in [1.807, 2.05) is 0 Å². The van der Waals surface area contributed by atoms with Gasteiger partial charge < -0.3 is 0 Å². The first-order valence-corrected chi connectivity index (χ1v) is 38.5. The molecule has 0 bridgehead atoms. The molecular weight excluding hydrogens is 1320 g/mol. The smallest absolute Gasteiger partial charge is 0.0125 e. The summed E-state index contributed by atoms with van der Waals surface area (Å²) in [5.74, 6) is 0.345. The van der Waals surface area contributed by atoms with Crippen LogP contribution in [0.3, 0.4) is 0 Å². The van der Waals surface area contributed by atoms with Gasteiger partial charge in [-0.2, -0.15) is 0 Å². The monoisotopic (exact) mass is 1390 g/mol. The molecule has 0 heterocycles. The minimum absolute atomic E-state index is 0.149. The molecule has 0 nitrogen and oxygen atoms in total. The third-order valence-corrected chi connectivity index (χ3v) is 23.9. The highest BCUT2D eigenvalue weighted by molar-refractivity contribution is 6.38. The summed E-state index contributed by atoms with van der Waals surface area (Å²) in [5, 5.41) is 27.0. The number of hydrogen-bond acceptors (Lipinski definition) is 0. The standard InChI is InChI=1S/C110H70/c1-5-25-69(26-6-1)76-48-52-82-68-105(110-98-58-55-75-47-51-81(91-40-22-19-37-88(91)72-31-11-4-12-32-72)67-103(75)108(98)94-43-23-24-44-95(94)109(110)104(82)62-76)85-60-83(99-63-77-33-13-15-41-92(77)106-96(99)56-53-73-45-49-79(65-101(73)106)89-38-20-17-35-86(89)70-27-7-2-8-28-70)59-84(61-85)100-64-78-34-14-16-42-93(78)107-97(100)57-54-74-46-50-80(66-102(74)107)90-39-21-18-36-87(90)71-29-9-3-10-30-71/h1-68,88,91H. The third kappa shape index (κ3) is 10.4. The topological polar surface area (TPSA) is 0 Å². The summed E-state index contributed by atoms with van der Waals surface area (Å²) >= 11 is 0. The zero-order chi connectivity index (χ0) is 72.3. The first-order chi connectivity index (χ1) is 54.5. The molecule has 21 aromatic carbocycles. The van der Waals surface area contributed by atoms with Gasteiger partial charge in [0.15, 0.2) is 0 Å². The van der Waals surface area contributed by atoms with Gasteiger partial charge in [0.1, 0.15) is 0 Å². The fourth-order valence-electron chi connectivity index (χ4n) is 18.8. The second-order valence-electron chi connectivity index (χ2n) is 30.0. The van der Waals surface area contributed by atoms with Crippen molar-refractivity contribution in [2.75, 3.05) is 0 Å². The highest BCUT2D eigenvalue weighted by Crippen LogP contribution is 2.52. The van der Waals surface area contributed by atoms with Crippen LogP contribution in [0, 0.1) is 0 Å². The number of rotatable bonds is 10. The van der Waals surface area contributed by atoms with Crippen LogP contribution in [0.1, 0.15) is 23.0 Å². The van der Waals surface area contributed by atoms with E-state index in [0.29, 0.717) is 0 Å². The van der Waals surface area contributed by atoms with Crippen LogP contribution in [0.4, 0.5) is 0 Å². The van der Waals surface area contributed by atoms with Crippen LogP contribution in [-0.4, -0.2) is 0 Å². The van der Waals surface area contributed by atoms with E-state index >= 15 is 0 Å². The second-order valence-corrected chi connectivity index (χ2v) is 30.0. The van der Waals surface area contributed by atoms with Crippen LogP contribution in [0.25, 0.3) is 208 Å². The van der Waals surface area contributed by atoms with Crippen LogP contribution in [0.5, 0.6) is 0 Å². The normalized spacial score (nSPS) is 13.7. The largest absolute Gasteiger partial charge is 0.0761 e. The average Bonchev–Trinajstić information content (AvgIpc) is 0.702. The highest BCUT2D eigenvalue weighted by Gasteiger charge is 2.26. The average molecular weight is 1390 g/mol. The number of fused-ring (bicyclic) bond motifs is 20. The molecular formula is C110H70. The van der Waals surface area contributed by atoms with E-state index in [1.165, 1.54) is 202 Å². The Morgan fingerprint density at radius 1 is 0.136 bits per heavy atom. The molecule has 2 atom stereocenters. The first kappa shape index (κ1) is 63.3. The molecule has 0 N–H and O–H groups in total. The van der Waals surface area contributed by atoms with Crippen LogP contribution in [-0.2, 0) is 0 Å². The van der Waals surface area contributed by atoms with E-state index < -0.39 is 0 Å². The molecule has 0 heteroatoms. The first-order valence-electron chi connectivity index (χ1n) is 38.5. The van der Waals surface area contributed by atoms with Crippen molar-refractivity contribution >= 4 is 118 Å². The lowest BCUT2D eigenvalue weighted by Crippen LogP contribution is -2.09. The van der Waals surface area contributed by atoms with Crippen LogP contribution in [0.2, 0.25) is 0 Å². The minimum Gasteiger partial charge on any atom is -0.0761 e. The molecule has 2 unspecified atom stereocenters. The zero-order valence-electron chi connectivity index (χ0n) is 60.4. The lowest BCUT2D eigenvalue weighted by Gasteiger charge is -2.26. The van der Waals surface area contributed by atoms with Gasteiger partial charge in [-0.05, 0) is 279 Å². The van der Waals surface area contributed by atoms with Gasteiger partial charge in [0.05, 0.1) is 0 Å². The Balaban J connectivity index is 0.856. The summed E-state index contributed by atoms with van der Waals surface area (Å²) < 4.78 is 0. The Morgan fingerprint density at radius 3 is 1.02 bits per heavy atom. The molecule has 0 radical (unpaired) electrons. The molecule has 0 saturated heterocycles. The third-order valence-electron chi connectivity index (χ3n) is 23.9. The Kier molecular flexibility index (Phi) is 14.9. The summed E-state index contributed by atoms with van der Waals surface area (Å²) in [4.78, 5) is 0. The van der Waals surface area contributed by atoms with Crippen molar-refractivity contribution in [1.82, 2.24) is 0 Å². The van der Waals surface area contributed by atoms with Crippen molar-refractivity contribution in [2.45, 2.75) is 11.8 Å². The maximum Gasteiger partial charge on any atom is 0.0125 e. The summed E-state index contributed by atoms with van der Waals surface area (Å²) in [6.07, 6.45) is 9.26. The van der Waals surface area contributed by atoms with Crippen molar-refractivity contribution in [2.24, 2.45) is 0 Å². The lowest BCUT2D eigenvalue weighted by molar-refractivity contribution is 0.731. The van der Waals surface area contributed by atoms with Gasteiger partial charge >= 0.3 is 0 Å². The van der Waals surface area contributed by atoms with Gasteiger partial charge in [0.2, 0.25) is 0 Å². The van der Waals surface area contributed by atoms with Crippen LogP contribution >= 0.6 is 0 Å². The number of hydrogen-bond donors (Lipinski definition) is 0. The van der Waals surface area contributed by atoms with Gasteiger partial charge in [-0.15, -0.1) is 0 Å². The van der Waals surface area contributed by atoms with Crippen LogP contribution < -0.4 is 0 Å². The highest BCUT2D eigenvalue weighted by atomic mass is 14.3. The molecule has 110 heavy (non-hydrogen) atoms. The summed E-state index contributed by atoms with van der Waals surface area (Å²) in [6, 6.07) is 147. The molecule has 510 valence electrons. The molecule has 0 saturated carbocycles. The van der Waals surface area contributed by atoms with Crippen molar-refractivity contribution in [3.63, 3.8) is 0 Å². The lowest BCUT2D eigenvalue weighted by atomic mass is 9.78. The van der Waals surface area contributed by atoms with Gasteiger partial charge in [-0.25, -0.2) is 0 Å². The van der Waals surface area contributed by atoms with Crippen LogP contribution in [0.15, 0.2) is 413 Å². The molecule has 0 amide bonds. The Labute approximate surface area is 638 Å². The van der Waals surface area contributed by atoms with Gasteiger partial charge in [-0.1, -0.05) is 352 Å². The van der Waals surface area contributed by atoms with E-state index in [0.717, 1.165) is 16.7 Å². The van der Waals surface area contributed by atoms with Crippen molar-refractivity contribution < 1.29 is 0 Å². The summed E-state index contributed by atoms with van der Waals surface area (Å²) in [7, 11) is 0. The molecule has 21 aromatic rings. The number of benzene rings is 21. The predicted molar refractivity (Wildman–Crippen MR) is 473 cm³/mol. The molecule has 0 aromatic heterocycles. The Morgan fingerprint density at radius 2 is 0.482 bits per heavy atom. The Hall–Kier alpha value is -14.0. The summed E-state index contributed by atoms with van der Waals surface area (Å²) in [5.41, 5.74) is 21.6. The number of allylic oxidation sites excluding steroid dienone is 4. The van der Waals surface area contributed by atoms with E-state index in [1.54, 1.807) is 0 Å². The van der Waals surface area contributed by atoms with E-state index in [9.17, 15) is 0 Å². The van der Waals surface area contributed by atoms with Crippen molar-refractivity contribution in [3.8, 4) is 89.0 Å². The molecule has 0 fully saturated rings. The molecule has 1 aliphatic rings. The van der Waals surface area contributed by atoms with Gasteiger partial charge in [0, 0.05) is 11.8 Å². The Bertz CT molecular complexity index is 7160. The van der Waals surface area contributed by atoms with E-state index in [4.69, 9.17) is 0 Å². The van der Waals surface area contributed by atoms with Gasteiger partial charge in [0.25, 0.3) is 0 Å².